The summed E-state index contributed by atoms with van der Waals surface area (Å²) < 4.78 is 12.7. The molecule has 1 heterocycles. The predicted octanol–water partition coefficient (Wildman–Crippen LogP) is 1.29. The van der Waals surface area contributed by atoms with Crippen LogP contribution < -0.4 is 21.2 Å². The van der Waals surface area contributed by atoms with Crippen LogP contribution in [-0.2, 0) is 4.79 Å². The molecule has 0 aliphatic carbocycles. The Morgan fingerprint density at radius 3 is 2.40 bits per heavy atom. The van der Waals surface area contributed by atoms with Gasteiger partial charge >= 0.3 is 0 Å². The lowest BCUT2D eigenvalue weighted by atomic mass is 9.99. The molecule has 0 aromatic heterocycles. The highest BCUT2D eigenvalue weighted by Crippen LogP contribution is 2.23. The molecule has 9 heteroatoms. The van der Waals surface area contributed by atoms with Gasteiger partial charge in [0.2, 0.25) is 0 Å². The number of nitrogens with one attached hydrogen (secondary N) is 2. The topological polar surface area (TPSA) is 102 Å². The first-order valence-corrected chi connectivity index (χ1v) is 9.54. The van der Waals surface area contributed by atoms with Gasteiger partial charge in [0.1, 0.15) is 0 Å². The van der Waals surface area contributed by atoms with E-state index in [0.29, 0.717) is 12.0 Å². The number of hydrogen-bond donors (Lipinski definition) is 4. The number of amides is 1. The van der Waals surface area contributed by atoms with Gasteiger partial charge in [0.15, 0.2) is 12.0 Å². The molecule has 1 saturated heterocycles. The first-order chi connectivity index (χ1) is 14.5. The van der Waals surface area contributed by atoms with E-state index in [9.17, 15) is 19.3 Å². The summed E-state index contributed by atoms with van der Waals surface area (Å²) in [6.45, 7) is 3.97. The first-order valence-electron chi connectivity index (χ1n) is 9.54. The van der Waals surface area contributed by atoms with Crippen LogP contribution in [0.5, 0.6) is 0 Å². The summed E-state index contributed by atoms with van der Waals surface area (Å²) in [5, 5.41) is 12.3. The summed E-state index contributed by atoms with van der Waals surface area (Å²) in [6.07, 6.45) is 2.01. The molecule has 158 valence electrons. The van der Waals surface area contributed by atoms with Gasteiger partial charge in [0.25, 0.3) is 5.91 Å². The second-order valence-corrected chi connectivity index (χ2v) is 7.06. The van der Waals surface area contributed by atoms with Crippen molar-refractivity contribution >= 4 is 34.8 Å². The molecular formula is C21H25FN5O3+. The van der Waals surface area contributed by atoms with E-state index in [2.05, 4.69) is 22.2 Å². The van der Waals surface area contributed by atoms with E-state index in [1.54, 1.807) is 0 Å². The van der Waals surface area contributed by atoms with E-state index < -0.39 is 5.91 Å². The molecule has 0 spiro atoms. The third kappa shape index (κ3) is 5.01. The molecule has 1 aliphatic rings. The smallest absolute Gasteiger partial charge is 0.279 e. The summed E-state index contributed by atoms with van der Waals surface area (Å²) in [7, 11) is 2.11. The molecule has 30 heavy (non-hydrogen) atoms. The van der Waals surface area contributed by atoms with Crippen LogP contribution in [0.2, 0.25) is 0 Å². The van der Waals surface area contributed by atoms with Gasteiger partial charge < -0.3 is 15.1 Å². The zero-order valence-electron chi connectivity index (χ0n) is 16.6. The fourth-order valence-electron chi connectivity index (χ4n) is 3.30. The van der Waals surface area contributed by atoms with Gasteiger partial charge in [-0.15, -0.1) is 0 Å². The summed E-state index contributed by atoms with van der Waals surface area (Å²) in [4.78, 5) is 28.1. The molecule has 0 unspecified atom stereocenters. The van der Waals surface area contributed by atoms with Gasteiger partial charge in [0, 0.05) is 67.0 Å². The Labute approximate surface area is 173 Å². The Morgan fingerprint density at radius 1 is 1.10 bits per heavy atom. The van der Waals surface area contributed by atoms with Gasteiger partial charge in [0.05, 0.1) is 5.56 Å². The Morgan fingerprint density at radius 2 is 1.80 bits per heavy atom. The number of allylic oxidation sites excluding steroid dienone is 1. The van der Waals surface area contributed by atoms with Crippen molar-refractivity contribution in [2.75, 3.05) is 43.4 Å². The van der Waals surface area contributed by atoms with Gasteiger partial charge in [-0.05, 0) is 37.4 Å². The maximum atomic E-state index is 12.7. The maximum Gasteiger partial charge on any atom is 0.279 e. The van der Waals surface area contributed by atoms with Crippen molar-refractivity contribution in [2.24, 2.45) is 0 Å². The minimum Gasteiger partial charge on any atom is -0.369 e. The van der Waals surface area contributed by atoms with Crippen LogP contribution in [0, 0.1) is 0 Å². The normalized spacial score (nSPS) is 15.0. The maximum absolute atomic E-state index is 12.7. The molecule has 0 bridgehead atoms. The predicted molar refractivity (Wildman–Crippen MR) is 112 cm³/mol. The largest absolute Gasteiger partial charge is 0.369 e. The Bertz CT molecular complexity index is 925. The van der Waals surface area contributed by atoms with E-state index in [-0.39, 0.29) is 16.7 Å². The number of nitrogens with two attached hydrogens (primary N) is 1. The van der Waals surface area contributed by atoms with Crippen LogP contribution in [0.15, 0.2) is 48.7 Å². The average molecular weight is 414 g/mol. The standard InChI is InChI=1S/C21H24FN5O3/c1-26-8-10-27(11-9-26)18-5-2-16(3-6-18)23-13-15(14-28)20-12-17(25-30)4-7-19(20)21(29)24-22/h2-7,12-14,23,25,30H,8-11H2,1H3,(H,24,29)/p+1/b15-13+. The number of carbonyl (C=O) groups is 2. The van der Waals surface area contributed by atoms with Gasteiger partial charge in [-0.25, -0.2) is 5.21 Å². The van der Waals surface area contributed by atoms with Crippen LogP contribution in [0.4, 0.5) is 21.5 Å². The number of nitrogens with zero attached hydrogens (tertiary/aromatic N) is 2. The van der Waals surface area contributed by atoms with Gasteiger partial charge in [-0.1, -0.05) is 4.48 Å². The second kappa shape index (κ2) is 9.97. The summed E-state index contributed by atoms with van der Waals surface area (Å²) in [6, 6.07) is 12.0. The van der Waals surface area contributed by atoms with Gasteiger partial charge in [-0.2, -0.15) is 11.0 Å². The molecule has 3 rings (SSSR count). The van der Waals surface area contributed by atoms with Crippen LogP contribution in [-0.4, -0.2) is 55.5 Å². The minimum atomic E-state index is -0.973. The SMILES string of the molecule is CN1CCN(c2ccc(N/C=C(\C=O)c3cc([NH2+]O)ccc3C(=O)NF)cc2)CC1. The van der Waals surface area contributed by atoms with E-state index >= 15 is 0 Å². The van der Waals surface area contributed by atoms with Crippen molar-refractivity contribution in [2.45, 2.75) is 0 Å². The zero-order valence-corrected chi connectivity index (χ0v) is 16.6. The molecule has 0 saturated carbocycles. The monoisotopic (exact) mass is 414 g/mol. The quantitative estimate of drug-likeness (QED) is 0.179. The van der Waals surface area contributed by atoms with E-state index in [1.165, 1.54) is 24.4 Å². The molecule has 8 nitrogen and oxygen atoms in total. The summed E-state index contributed by atoms with van der Waals surface area (Å²) in [5.41, 5.74) is 4.49. The number of hydrogen-bond acceptors (Lipinski definition) is 6. The molecule has 1 fully saturated rings. The molecule has 2 aromatic carbocycles. The number of rotatable bonds is 7. The van der Waals surface area contributed by atoms with Crippen LogP contribution in [0.3, 0.4) is 0 Å². The molecule has 0 atom stereocenters. The fraction of sp³-hybridized carbons (Fsp3) is 0.238. The van der Waals surface area contributed by atoms with Gasteiger partial charge in [-0.3, -0.25) is 9.59 Å². The summed E-state index contributed by atoms with van der Waals surface area (Å²) in [5.74, 6) is -0.973. The average Bonchev–Trinajstić information content (AvgIpc) is 2.79. The Kier molecular flexibility index (Phi) is 7.12. The third-order valence-corrected chi connectivity index (χ3v) is 5.09. The van der Waals surface area contributed by atoms with Crippen molar-refractivity contribution in [3.63, 3.8) is 0 Å². The minimum absolute atomic E-state index is 0.0198. The second-order valence-electron chi connectivity index (χ2n) is 7.06. The lowest BCUT2D eigenvalue weighted by molar-refractivity contribution is -0.825. The number of quaternary nitrogens is 1. The van der Waals surface area contributed by atoms with Crippen molar-refractivity contribution in [3.8, 4) is 0 Å². The molecule has 1 aliphatic heterocycles. The lowest BCUT2D eigenvalue weighted by Crippen LogP contribution is -2.73. The van der Waals surface area contributed by atoms with Crippen LogP contribution in [0.1, 0.15) is 15.9 Å². The fourth-order valence-corrected chi connectivity index (χ4v) is 3.30. The highest BCUT2D eigenvalue weighted by molar-refractivity contribution is 6.12. The van der Waals surface area contributed by atoms with Crippen molar-refractivity contribution in [1.82, 2.24) is 10.4 Å². The Hall–Kier alpha value is -3.27. The van der Waals surface area contributed by atoms with E-state index in [4.69, 9.17) is 0 Å². The third-order valence-electron chi connectivity index (χ3n) is 5.09. The lowest BCUT2D eigenvalue weighted by Gasteiger charge is -2.34. The number of anilines is 2. The summed E-state index contributed by atoms with van der Waals surface area (Å²) >= 11 is 0. The highest BCUT2D eigenvalue weighted by Gasteiger charge is 2.17. The van der Waals surface area contributed by atoms with E-state index in [1.807, 2.05) is 24.3 Å². The van der Waals surface area contributed by atoms with Crippen molar-refractivity contribution < 1.29 is 24.8 Å². The number of likely N-dealkylation sites (N-methyl/N-ethyl adjacent to an activating group) is 1. The molecule has 5 N–H and O–H groups in total. The zero-order chi connectivity index (χ0) is 21.5. The Balaban J connectivity index is 1.79. The number of benzene rings is 2. The van der Waals surface area contributed by atoms with Crippen LogP contribution >= 0.6 is 0 Å². The van der Waals surface area contributed by atoms with E-state index in [0.717, 1.165) is 48.6 Å². The van der Waals surface area contributed by atoms with Crippen molar-refractivity contribution in [1.29, 1.82) is 0 Å². The number of halogens is 1. The molecule has 2 aromatic rings. The number of piperazine rings is 1. The highest BCUT2D eigenvalue weighted by atomic mass is 19.2. The number of carbonyl (C=O) groups excluding carboxylic acids is 2. The van der Waals surface area contributed by atoms with Crippen molar-refractivity contribution in [3.05, 3.63) is 59.8 Å². The first kappa shape index (κ1) is 21.4. The molecule has 0 radical (unpaired) electrons. The van der Waals surface area contributed by atoms with Crippen LogP contribution in [0.25, 0.3) is 5.57 Å². The molecular weight excluding hydrogens is 389 g/mol. The molecule has 1 amide bonds. The number of aldehydes is 1.